The summed E-state index contributed by atoms with van der Waals surface area (Å²) >= 11 is 5.89. The molecule has 0 aliphatic carbocycles. The molecular formula is C18H18ClNO2. The first kappa shape index (κ1) is 15.1. The summed E-state index contributed by atoms with van der Waals surface area (Å²) in [6.45, 7) is 4.18. The van der Waals surface area contributed by atoms with Crippen LogP contribution >= 0.6 is 11.6 Å². The molecule has 2 unspecified atom stereocenters. The lowest BCUT2D eigenvalue weighted by atomic mass is 9.97. The monoisotopic (exact) mass is 315 g/mol. The molecule has 1 N–H and O–H groups in total. The number of halogens is 1. The molecule has 22 heavy (non-hydrogen) atoms. The van der Waals surface area contributed by atoms with Gasteiger partial charge in [-0.05, 0) is 48.4 Å². The van der Waals surface area contributed by atoms with E-state index in [0.717, 1.165) is 16.8 Å². The minimum Gasteiger partial charge on any atom is -0.392 e. The quantitative estimate of drug-likeness (QED) is 0.910. The average molecular weight is 316 g/mol. The van der Waals surface area contributed by atoms with Gasteiger partial charge in [0.15, 0.2) is 0 Å². The second kappa shape index (κ2) is 5.75. The zero-order valence-electron chi connectivity index (χ0n) is 12.6. The highest BCUT2D eigenvalue weighted by atomic mass is 35.5. The summed E-state index contributed by atoms with van der Waals surface area (Å²) in [5.74, 6) is 0.212. The molecule has 3 rings (SSSR count). The van der Waals surface area contributed by atoms with Gasteiger partial charge in [-0.25, -0.2) is 0 Å². The number of rotatable bonds is 2. The topological polar surface area (TPSA) is 40.5 Å². The van der Waals surface area contributed by atoms with Crippen molar-refractivity contribution in [2.24, 2.45) is 0 Å². The van der Waals surface area contributed by atoms with Gasteiger partial charge in [-0.15, -0.1) is 0 Å². The van der Waals surface area contributed by atoms with Crippen LogP contribution in [0.2, 0.25) is 5.02 Å². The molecule has 0 radical (unpaired) electrons. The second-order valence-electron chi connectivity index (χ2n) is 5.76. The lowest BCUT2D eigenvalue weighted by molar-refractivity contribution is 0.0979. The first-order valence-electron chi connectivity index (χ1n) is 7.35. The number of nitrogens with zero attached hydrogens (tertiary/aromatic N) is 1. The van der Waals surface area contributed by atoms with E-state index in [4.69, 9.17) is 11.6 Å². The van der Waals surface area contributed by atoms with Crippen molar-refractivity contribution in [3.63, 3.8) is 0 Å². The molecule has 1 heterocycles. The minimum atomic E-state index is -0.0217. The number of aliphatic hydroxyl groups excluding tert-OH is 1. The molecule has 114 valence electrons. The van der Waals surface area contributed by atoms with Crippen LogP contribution in [-0.2, 0) is 6.61 Å². The molecule has 0 aromatic heterocycles. The van der Waals surface area contributed by atoms with Crippen LogP contribution in [0.1, 0.15) is 41.3 Å². The second-order valence-corrected chi connectivity index (χ2v) is 6.20. The molecule has 2 atom stereocenters. The predicted molar refractivity (Wildman–Crippen MR) is 88.5 cm³/mol. The van der Waals surface area contributed by atoms with Crippen molar-refractivity contribution in [1.29, 1.82) is 0 Å². The number of aliphatic hydroxyl groups is 1. The van der Waals surface area contributed by atoms with Gasteiger partial charge < -0.3 is 10.0 Å². The number of carbonyl (C=O) groups excluding carboxylic acids is 1. The van der Waals surface area contributed by atoms with Gasteiger partial charge in [-0.3, -0.25) is 4.79 Å². The molecule has 4 heteroatoms. The Bertz CT molecular complexity index is 712. The van der Waals surface area contributed by atoms with E-state index in [1.165, 1.54) is 0 Å². The van der Waals surface area contributed by atoms with Crippen molar-refractivity contribution in [2.75, 3.05) is 4.90 Å². The Kier molecular flexibility index (Phi) is 3.94. The summed E-state index contributed by atoms with van der Waals surface area (Å²) in [5, 5.41) is 9.93. The zero-order chi connectivity index (χ0) is 15.9. The highest BCUT2D eigenvalue weighted by molar-refractivity contribution is 6.30. The molecule has 2 aromatic rings. The zero-order valence-corrected chi connectivity index (χ0v) is 13.3. The summed E-state index contributed by atoms with van der Waals surface area (Å²) in [6, 6.07) is 12.8. The Balaban J connectivity index is 2.01. The van der Waals surface area contributed by atoms with Gasteiger partial charge in [0, 0.05) is 28.2 Å². The van der Waals surface area contributed by atoms with Crippen LogP contribution in [0, 0.1) is 0 Å². The van der Waals surface area contributed by atoms with Gasteiger partial charge >= 0.3 is 0 Å². The maximum Gasteiger partial charge on any atom is 0.258 e. The summed E-state index contributed by atoms with van der Waals surface area (Å²) in [5.41, 5.74) is 3.54. The predicted octanol–water partition coefficient (Wildman–Crippen LogP) is 3.98. The fourth-order valence-corrected chi connectivity index (χ4v) is 3.14. The van der Waals surface area contributed by atoms with Gasteiger partial charge in [0.25, 0.3) is 5.91 Å². The molecule has 2 aromatic carbocycles. The Hall–Kier alpha value is -1.84. The highest BCUT2D eigenvalue weighted by Crippen LogP contribution is 2.41. The third kappa shape index (κ3) is 2.40. The van der Waals surface area contributed by atoms with Gasteiger partial charge in [0.2, 0.25) is 0 Å². The van der Waals surface area contributed by atoms with Crippen LogP contribution in [0.4, 0.5) is 5.69 Å². The Labute approximate surface area is 135 Å². The van der Waals surface area contributed by atoms with Crippen LogP contribution in [0.25, 0.3) is 0 Å². The van der Waals surface area contributed by atoms with Crippen LogP contribution in [0.3, 0.4) is 0 Å². The van der Waals surface area contributed by atoms with Crippen LogP contribution < -0.4 is 4.90 Å². The van der Waals surface area contributed by atoms with Crippen molar-refractivity contribution in [3.8, 4) is 0 Å². The van der Waals surface area contributed by atoms with Crippen molar-refractivity contribution < 1.29 is 9.90 Å². The first-order chi connectivity index (χ1) is 10.5. The van der Waals surface area contributed by atoms with Crippen molar-refractivity contribution in [2.45, 2.75) is 32.4 Å². The largest absolute Gasteiger partial charge is 0.392 e. The van der Waals surface area contributed by atoms with E-state index < -0.39 is 0 Å². The summed E-state index contributed by atoms with van der Waals surface area (Å²) in [6.07, 6.45) is 0. The van der Waals surface area contributed by atoms with E-state index in [9.17, 15) is 9.90 Å². The van der Waals surface area contributed by atoms with E-state index in [1.807, 2.05) is 23.1 Å². The van der Waals surface area contributed by atoms with Gasteiger partial charge in [-0.1, -0.05) is 30.7 Å². The van der Waals surface area contributed by atoms with Crippen LogP contribution in [0.5, 0.6) is 0 Å². The normalized spacial score (nSPS) is 20.1. The van der Waals surface area contributed by atoms with Gasteiger partial charge in [-0.2, -0.15) is 0 Å². The molecule has 0 fully saturated rings. The van der Waals surface area contributed by atoms with E-state index >= 15 is 0 Å². The number of anilines is 1. The Morgan fingerprint density at radius 3 is 2.50 bits per heavy atom. The molecule has 1 amide bonds. The SMILES string of the molecule is CC1c2cc(CO)ccc2N(C(=O)c2ccc(Cl)cc2)C1C. The van der Waals surface area contributed by atoms with Crippen LogP contribution in [0.15, 0.2) is 42.5 Å². The number of hydrogen-bond donors (Lipinski definition) is 1. The molecule has 0 bridgehead atoms. The van der Waals surface area contributed by atoms with E-state index in [2.05, 4.69) is 13.8 Å². The summed E-state index contributed by atoms with van der Waals surface area (Å²) in [7, 11) is 0. The van der Waals surface area contributed by atoms with Crippen molar-refractivity contribution >= 4 is 23.2 Å². The maximum atomic E-state index is 12.9. The molecule has 0 spiro atoms. The van der Waals surface area contributed by atoms with Gasteiger partial charge in [0.1, 0.15) is 0 Å². The molecule has 0 saturated heterocycles. The van der Waals surface area contributed by atoms with Gasteiger partial charge in [0.05, 0.1) is 6.61 Å². The smallest absolute Gasteiger partial charge is 0.258 e. The fraction of sp³-hybridized carbons (Fsp3) is 0.278. The van der Waals surface area contributed by atoms with E-state index in [1.54, 1.807) is 24.3 Å². The molecule has 1 aliphatic heterocycles. The number of carbonyl (C=O) groups is 1. The molecule has 3 nitrogen and oxygen atoms in total. The lowest BCUT2D eigenvalue weighted by Crippen LogP contribution is -2.36. The third-order valence-electron chi connectivity index (χ3n) is 4.47. The maximum absolute atomic E-state index is 12.9. The Morgan fingerprint density at radius 1 is 1.18 bits per heavy atom. The standard InChI is InChI=1S/C18H18ClNO2/c1-11-12(2)20(17-8-3-13(10-21)9-16(11)17)18(22)14-4-6-15(19)7-5-14/h3-9,11-12,21H,10H2,1-2H3. The highest BCUT2D eigenvalue weighted by Gasteiger charge is 2.36. The fourth-order valence-electron chi connectivity index (χ4n) is 3.02. The Morgan fingerprint density at radius 2 is 1.86 bits per heavy atom. The number of amides is 1. The lowest BCUT2D eigenvalue weighted by Gasteiger charge is -2.24. The van der Waals surface area contributed by atoms with Crippen LogP contribution in [-0.4, -0.2) is 17.1 Å². The molecular weight excluding hydrogens is 298 g/mol. The van der Waals surface area contributed by atoms with E-state index in [0.29, 0.717) is 10.6 Å². The summed E-state index contributed by atoms with van der Waals surface area (Å²) < 4.78 is 0. The number of benzene rings is 2. The number of fused-ring (bicyclic) bond motifs is 1. The first-order valence-corrected chi connectivity index (χ1v) is 7.73. The number of hydrogen-bond acceptors (Lipinski definition) is 2. The van der Waals surface area contributed by atoms with Crippen molar-refractivity contribution in [1.82, 2.24) is 0 Å². The van der Waals surface area contributed by atoms with E-state index in [-0.39, 0.29) is 24.5 Å². The average Bonchev–Trinajstić information content (AvgIpc) is 2.78. The minimum absolute atomic E-state index is 0.0134. The molecule has 1 aliphatic rings. The molecule has 0 saturated carbocycles. The summed E-state index contributed by atoms with van der Waals surface area (Å²) in [4.78, 5) is 14.7. The van der Waals surface area contributed by atoms with Crippen molar-refractivity contribution in [3.05, 3.63) is 64.2 Å². The third-order valence-corrected chi connectivity index (χ3v) is 4.72.